The Morgan fingerprint density at radius 3 is 2.46 bits per heavy atom. The lowest BCUT2D eigenvalue weighted by molar-refractivity contribution is 0.101. The van der Waals surface area contributed by atoms with Crippen LogP contribution in [0.2, 0.25) is 5.02 Å². The van der Waals surface area contributed by atoms with E-state index in [1.165, 1.54) is 19.2 Å². The molecule has 122 valence electrons. The highest BCUT2D eigenvalue weighted by Crippen LogP contribution is 2.37. The van der Waals surface area contributed by atoms with Crippen LogP contribution in [0.4, 0.5) is 5.69 Å². The lowest BCUT2D eigenvalue weighted by Gasteiger charge is -2.08. The Kier molecular flexibility index (Phi) is 4.53. The normalized spacial score (nSPS) is 12.4. The number of nitrogens with one attached hydrogen (secondary N) is 1. The van der Waals surface area contributed by atoms with E-state index in [2.05, 4.69) is 5.32 Å². The molecule has 0 saturated carbocycles. The molecule has 0 bridgehead atoms. The predicted molar refractivity (Wildman–Crippen MR) is 91.1 cm³/mol. The van der Waals surface area contributed by atoms with E-state index in [0.29, 0.717) is 33.3 Å². The van der Waals surface area contributed by atoms with E-state index >= 15 is 0 Å². The summed E-state index contributed by atoms with van der Waals surface area (Å²) in [6.45, 7) is 1.59. The summed E-state index contributed by atoms with van der Waals surface area (Å²) in [6.07, 6.45) is 2.87. The first-order valence-electron chi connectivity index (χ1n) is 7.22. The van der Waals surface area contributed by atoms with Crippen LogP contribution in [-0.2, 0) is 0 Å². The minimum absolute atomic E-state index is 0.117. The second-order valence-electron chi connectivity index (χ2n) is 5.16. The van der Waals surface area contributed by atoms with Gasteiger partial charge in [0.15, 0.2) is 23.1 Å². The average Bonchev–Trinajstić information content (AvgIpc) is 3.01. The number of halogens is 1. The Labute approximate surface area is 143 Å². The summed E-state index contributed by atoms with van der Waals surface area (Å²) in [5, 5.41) is 3.52. The van der Waals surface area contributed by atoms with Crippen molar-refractivity contribution in [1.29, 1.82) is 0 Å². The summed E-state index contributed by atoms with van der Waals surface area (Å²) in [5.41, 5.74) is 1.53. The number of allylic oxidation sites excluding steroid dienone is 1. The highest BCUT2D eigenvalue weighted by Gasteiger charge is 2.18. The van der Waals surface area contributed by atoms with Crippen LogP contribution in [0.3, 0.4) is 0 Å². The molecule has 0 fully saturated rings. The number of carbonyl (C=O) groups excluding carboxylic acids is 2. The van der Waals surface area contributed by atoms with Gasteiger partial charge in [0.1, 0.15) is 0 Å². The molecule has 5 nitrogen and oxygen atoms in total. The van der Waals surface area contributed by atoms with E-state index in [1.54, 1.807) is 36.4 Å². The van der Waals surface area contributed by atoms with Crippen LogP contribution in [0.1, 0.15) is 27.6 Å². The Morgan fingerprint density at radius 1 is 1.12 bits per heavy atom. The van der Waals surface area contributed by atoms with Crippen molar-refractivity contribution in [3.05, 3.63) is 64.8 Å². The molecule has 2 aromatic carbocycles. The van der Waals surface area contributed by atoms with Crippen LogP contribution in [0.15, 0.2) is 48.7 Å². The van der Waals surface area contributed by atoms with E-state index in [4.69, 9.17) is 21.1 Å². The van der Waals surface area contributed by atoms with Crippen molar-refractivity contribution >= 4 is 28.9 Å². The molecule has 1 aliphatic heterocycles. The van der Waals surface area contributed by atoms with Crippen LogP contribution in [-0.4, -0.2) is 18.4 Å². The molecule has 0 atom stereocenters. The zero-order valence-corrected chi connectivity index (χ0v) is 13.6. The number of ketones is 2. The minimum Gasteiger partial charge on any atom is -0.454 e. The van der Waals surface area contributed by atoms with Gasteiger partial charge in [-0.1, -0.05) is 11.6 Å². The summed E-state index contributed by atoms with van der Waals surface area (Å²) in [4.78, 5) is 23.8. The first-order valence-corrected chi connectivity index (χ1v) is 7.60. The van der Waals surface area contributed by atoms with Crippen LogP contribution in [0, 0.1) is 0 Å². The fourth-order valence-corrected chi connectivity index (χ4v) is 2.40. The second kappa shape index (κ2) is 6.76. The SMILES string of the molecule is CC(=O)c1cc2c(cc1NC=CC(=O)c1ccc(Cl)cc1)OCO2. The molecular weight excluding hydrogens is 330 g/mol. The van der Waals surface area contributed by atoms with E-state index in [1.807, 2.05) is 0 Å². The third-order valence-corrected chi connectivity index (χ3v) is 3.75. The molecular formula is C18H14ClNO4. The molecule has 0 aliphatic carbocycles. The molecule has 0 aromatic heterocycles. The van der Waals surface area contributed by atoms with Gasteiger partial charge in [-0.3, -0.25) is 9.59 Å². The monoisotopic (exact) mass is 343 g/mol. The average molecular weight is 344 g/mol. The molecule has 3 rings (SSSR count). The van der Waals surface area contributed by atoms with Crippen LogP contribution in [0.25, 0.3) is 0 Å². The van der Waals surface area contributed by atoms with E-state index in [9.17, 15) is 9.59 Å². The van der Waals surface area contributed by atoms with Crippen molar-refractivity contribution in [1.82, 2.24) is 0 Å². The molecule has 0 radical (unpaired) electrons. The predicted octanol–water partition coefficient (Wildman–Crippen LogP) is 4.08. The summed E-state index contributed by atoms with van der Waals surface area (Å²) >= 11 is 5.80. The standard InChI is InChI=1S/C18H14ClNO4/c1-11(21)14-8-17-18(24-10-23-17)9-15(14)20-7-6-16(22)12-2-4-13(19)5-3-12/h2-9,20H,10H2,1H3. The van der Waals surface area contributed by atoms with Gasteiger partial charge < -0.3 is 14.8 Å². The molecule has 0 spiro atoms. The van der Waals surface area contributed by atoms with Crippen molar-refractivity contribution in [3.8, 4) is 11.5 Å². The molecule has 1 N–H and O–H groups in total. The third kappa shape index (κ3) is 3.41. The second-order valence-corrected chi connectivity index (χ2v) is 5.59. The fraction of sp³-hybridized carbons (Fsp3) is 0.111. The van der Waals surface area contributed by atoms with E-state index < -0.39 is 0 Å². The summed E-state index contributed by atoms with van der Waals surface area (Å²) in [7, 11) is 0. The van der Waals surface area contributed by atoms with Crippen LogP contribution in [0.5, 0.6) is 11.5 Å². The van der Waals surface area contributed by atoms with Crippen molar-refractivity contribution in [2.75, 3.05) is 12.1 Å². The minimum atomic E-state index is -0.177. The maximum atomic E-state index is 12.1. The van der Waals surface area contributed by atoms with Gasteiger partial charge >= 0.3 is 0 Å². The molecule has 1 heterocycles. The largest absolute Gasteiger partial charge is 0.454 e. The number of hydrogen-bond donors (Lipinski definition) is 1. The molecule has 0 unspecified atom stereocenters. The van der Waals surface area contributed by atoms with Crippen molar-refractivity contribution in [2.45, 2.75) is 6.92 Å². The number of ether oxygens (including phenoxy) is 2. The quantitative estimate of drug-likeness (QED) is 0.654. The summed E-state index contributed by atoms with van der Waals surface area (Å²) < 4.78 is 10.6. The molecule has 1 aliphatic rings. The Bertz CT molecular complexity index is 828. The topological polar surface area (TPSA) is 64.6 Å². The summed E-state index contributed by atoms with van der Waals surface area (Å²) in [5.74, 6) is 0.796. The van der Waals surface area contributed by atoms with Gasteiger partial charge in [0.2, 0.25) is 6.79 Å². The smallest absolute Gasteiger partial charge is 0.231 e. The van der Waals surface area contributed by atoms with Gasteiger partial charge in [0.05, 0.1) is 5.69 Å². The molecule has 0 amide bonds. The number of carbonyl (C=O) groups is 2. The molecule has 24 heavy (non-hydrogen) atoms. The van der Waals surface area contributed by atoms with Gasteiger partial charge in [-0.25, -0.2) is 0 Å². The molecule has 2 aromatic rings. The Hall–Kier alpha value is -2.79. The van der Waals surface area contributed by atoms with Gasteiger partial charge in [-0.05, 0) is 37.3 Å². The van der Waals surface area contributed by atoms with Crippen molar-refractivity contribution in [3.63, 3.8) is 0 Å². The lowest BCUT2D eigenvalue weighted by Crippen LogP contribution is -2.01. The van der Waals surface area contributed by atoms with Crippen molar-refractivity contribution < 1.29 is 19.1 Å². The molecule has 0 saturated heterocycles. The first-order chi connectivity index (χ1) is 11.5. The van der Waals surface area contributed by atoms with Gasteiger partial charge in [0.25, 0.3) is 0 Å². The maximum Gasteiger partial charge on any atom is 0.231 e. The van der Waals surface area contributed by atoms with Crippen molar-refractivity contribution in [2.24, 2.45) is 0 Å². The first kappa shape index (κ1) is 16.1. The number of Topliss-reactive ketones (excluding diaryl/α,β-unsaturated/α-hetero) is 1. The van der Waals surface area contributed by atoms with Gasteiger partial charge in [-0.15, -0.1) is 0 Å². The van der Waals surface area contributed by atoms with E-state index in [0.717, 1.165) is 0 Å². The maximum absolute atomic E-state index is 12.1. The van der Waals surface area contributed by atoms with Crippen LogP contribution < -0.4 is 14.8 Å². The fourth-order valence-electron chi connectivity index (χ4n) is 2.27. The number of fused-ring (bicyclic) bond motifs is 1. The Morgan fingerprint density at radius 2 is 1.79 bits per heavy atom. The highest BCUT2D eigenvalue weighted by atomic mass is 35.5. The summed E-state index contributed by atoms with van der Waals surface area (Å²) in [6, 6.07) is 9.91. The highest BCUT2D eigenvalue weighted by molar-refractivity contribution is 6.30. The van der Waals surface area contributed by atoms with E-state index in [-0.39, 0.29) is 18.4 Å². The zero-order chi connectivity index (χ0) is 17.1. The van der Waals surface area contributed by atoms with Crippen LogP contribution >= 0.6 is 11.6 Å². The lowest BCUT2D eigenvalue weighted by atomic mass is 10.1. The Balaban J connectivity index is 1.77. The number of rotatable bonds is 5. The number of anilines is 1. The van der Waals surface area contributed by atoms with Gasteiger partial charge in [0, 0.05) is 34.5 Å². The molecule has 6 heteroatoms. The third-order valence-electron chi connectivity index (χ3n) is 3.49. The van der Waals surface area contributed by atoms with Gasteiger partial charge in [-0.2, -0.15) is 0 Å². The zero-order valence-electron chi connectivity index (χ0n) is 12.8. The number of hydrogen-bond acceptors (Lipinski definition) is 5. The number of benzene rings is 2.